The van der Waals surface area contributed by atoms with Gasteiger partial charge in [-0.2, -0.15) is 0 Å². The van der Waals surface area contributed by atoms with Crippen LogP contribution in [0.3, 0.4) is 0 Å². The van der Waals surface area contributed by atoms with Crippen molar-refractivity contribution in [3.63, 3.8) is 0 Å². The van der Waals surface area contributed by atoms with Gasteiger partial charge in [0.1, 0.15) is 12.1 Å². The lowest BCUT2D eigenvalue weighted by atomic mass is 9.75. The first-order chi connectivity index (χ1) is 12.7. The highest BCUT2D eigenvalue weighted by molar-refractivity contribution is 6.10. The first kappa shape index (κ1) is 19.2. The van der Waals surface area contributed by atoms with Crippen LogP contribution in [0, 0.1) is 23.4 Å². The summed E-state index contributed by atoms with van der Waals surface area (Å²) in [5.74, 6) is -6.07. The van der Waals surface area contributed by atoms with Crippen molar-refractivity contribution in [3.8, 4) is 0 Å². The molecule has 146 valence electrons. The molecule has 4 amide bonds. The molecule has 0 spiro atoms. The predicted molar refractivity (Wildman–Crippen MR) is 90.2 cm³/mol. The maximum atomic E-state index is 13.7. The summed E-state index contributed by atoms with van der Waals surface area (Å²) in [6, 6.07) is 0.833. The Balaban J connectivity index is 1.70. The number of rotatable bonds is 4. The van der Waals surface area contributed by atoms with Gasteiger partial charge in [-0.15, -0.1) is 0 Å². The van der Waals surface area contributed by atoms with E-state index in [1.165, 1.54) is 0 Å². The van der Waals surface area contributed by atoms with Gasteiger partial charge in [0.05, 0.1) is 5.69 Å². The smallest absolute Gasteiger partial charge is 0.323 e. The largest absolute Gasteiger partial charge is 0.325 e. The number of hydrogen-bond acceptors (Lipinski definition) is 3. The first-order valence-corrected chi connectivity index (χ1v) is 8.81. The fourth-order valence-corrected chi connectivity index (χ4v) is 3.77. The fourth-order valence-electron chi connectivity index (χ4n) is 3.77. The third kappa shape index (κ3) is 3.50. The van der Waals surface area contributed by atoms with E-state index in [4.69, 9.17) is 0 Å². The summed E-state index contributed by atoms with van der Waals surface area (Å²) >= 11 is 0. The molecule has 1 atom stereocenters. The van der Waals surface area contributed by atoms with Crippen molar-refractivity contribution in [2.75, 3.05) is 11.9 Å². The predicted octanol–water partition coefficient (Wildman–Crippen LogP) is 2.93. The molecule has 0 unspecified atom stereocenters. The van der Waals surface area contributed by atoms with Gasteiger partial charge >= 0.3 is 6.03 Å². The Morgan fingerprint density at radius 3 is 2.52 bits per heavy atom. The fraction of sp³-hybridized carbons (Fsp3) is 0.500. The first-order valence-electron chi connectivity index (χ1n) is 8.81. The molecule has 2 fully saturated rings. The maximum absolute atomic E-state index is 13.7. The van der Waals surface area contributed by atoms with E-state index in [1.54, 1.807) is 6.92 Å². The minimum Gasteiger partial charge on any atom is -0.323 e. The lowest BCUT2D eigenvalue weighted by Gasteiger charge is -2.34. The molecule has 27 heavy (non-hydrogen) atoms. The maximum Gasteiger partial charge on any atom is 0.325 e. The number of carbonyl (C=O) groups excluding carboxylic acids is 3. The third-order valence-corrected chi connectivity index (χ3v) is 5.33. The molecule has 9 heteroatoms. The second-order valence-electron chi connectivity index (χ2n) is 7.13. The Morgan fingerprint density at radius 1 is 1.19 bits per heavy atom. The van der Waals surface area contributed by atoms with E-state index in [-0.39, 0.29) is 5.92 Å². The summed E-state index contributed by atoms with van der Waals surface area (Å²) in [6.45, 7) is 1.00. The summed E-state index contributed by atoms with van der Waals surface area (Å²) < 4.78 is 39.9. The van der Waals surface area contributed by atoms with E-state index in [1.807, 2.05) is 0 Å². The number of carbonyl (C=O) groups is 3. The highest BCUT2D eigenvalue weighted by Gasteiger charge is 2.52. The molecule has 1 aromatic rings. The van der Waals surface area contributed by atoms with Gasteiger partial charge in [0.25, 0.3) is 5.91 Å². The van der Waals surface area contributed by atoms with Crippen LogP contribution in [-0.2, 0) is 9.59 Å². The topological polar surface area (TPSA) is 78.5 Å². The number of nitrogens with one attached hydrogen (secondary N) is 2. The molecular formula is C18H20F3N3O3. The monoisotopic (exact) mass is 383 g/mol. The standard InChI is InChI=1S/C18H20F3N3O3/c1-18(10-5-3-2-4-6-10)16(26)24(17(27)23-18)9-13(25)22-12-8-7-11(19)14(20)15(12)21/h7-8,10H,2-6,9H2,1H3,(H,22,25)(H,23,27)/t18-/m0/s1. The summed E-state index contributed by atoms with van der Waals surface area (Å²) in [6.07, 6.45) is 4.64. The summed E-state index contributed by atoms with van der Waals surface area (Å²) in [4.78, 5) is 37.9. The van der Waals surface area contributed by atoms with Gasteiger partial charge in [0, 0.05) is 0 Å². The normalized spacial score (nSPS) is 23.5. The van der Waals surface area contributed by atoms with Crippen LogP contribution in [0.4, 0.5) is 23.7 Å². The van der Waals surface area contributed by atoms with Gasteiger partial charge in [-0.1, -0.05) is 19.3 Å². The van der Waals surface area contributed by atoms with Gasteiger partial charge in [-0.05, 0) is 37.8 Å². The number of nitrogens with zero attached hydrogens (tertiary/aromatic N) is 1. The quantitative estimate of drug-likeness (QED) is 0.620. The highest BCUT2D eigenvalue weighted by Crippen LogP contribution is 2.36. The molecule has 1 aromatic carbocycles. The summed E-state index contributed by atoms with van der Waals surface area (Å²) in [5, 5.41) is 4.73. The van der Waals surface area contributed by atoms with Crippen LogP contribution in [0.2, 0.25) is 0 Å². The van der Waals surface area contributed by atoms with Crippen LogP contribution in [0.5, 0.6) is 0 Å². The molecule has 6 nitrogen and oxygen atoms in total. The number of benzene rings is 1. The number of anilines is 1. The lowest BCUT2D eigenvalue weighted by molar-refractivity contribution is -0.135. The second kappa shape index (κ2) is 7.21. The lowest BCUT2D eigenvalue weighted by Crippen LogP contribution is -2.51. The zero-order valence-corrected chi connectivity index (χ0v) is 14.8. The highest BCUT2D eigenvalue weighted by atomic mass is 19.2. The number of amides is 4. The van der Waals surface area contributed by atoms with Crippen LogP contribution in [0.15, 0.2) is 12.1 Å². The van der Waals surface area contributed by atoms with E-state index in [0.717, 1.165) is 43.1 Å². The Labute approximate surface area is 154 Å². The number of urea groups is 1. The van der Waals surface area contributed by atoms with E-state index in [2.05, 4.69) is 10.6 Å². The molecule has 0 aromatic heterocycles. The van der Waals surface area contributed by atoms with Crippen molar-refractivity contribution in [1.29, 1.82) is 0 Å². The Bertz CT molecular complexity index is 796. The van der Waals surface area contributed by atoms with Crippen LogP contribution >= 0.6 is 0 Å². The van der Waals surface area contributed by atoms with Gasteiger partial charge in [0.15, 0.2) is 17.5 Å². The minimum atomic E-state index is -1.72. The van der Waals surface area contributed by atoms with E-state index in [9.17, 15) is 27.6 Å². The van der Waals surface area contributed by atoms with Gasteiger partial charge in [0.2, 0.25) is 5.91 Å². The Morgan fingerprint density at radius 2 is 1.85 bits per heavy atom. The van der Waals surface area contributed by atoms with Crippen molar-refractivity contribution in [2.45, 2.75) is 44.6 Å². The van der Waals surface area contributed by atoms with Gasteiger partial charge < -0.3 is 10.6 Å². The molecule has 2 aliphatic rings. The van der Waals surface area contributed by atoms with Crippen molar-refractivity contribution in [3.05, 3.63) is 29.6 Å². The molecule has 0 radical (unpaired) electrons. The third-order valence-electron chi connectivity index (χ3n) is 5.33. The molecule has 1 saturated heterocycles. The molecular weight excluding hydrogens is 363 g/mol. The van der Waals surface area contributed by atoms with E-state index >= 15 is 0 Å². The van der Waals surface area contributed by atoms with Crippen LogP contribution in [0.25, 0.3) is 0 Å². The van der Waals surface area contributed by atoms with Crippen molar-refractivity contribution in [2.24, 2.45) is 5.92 Å². The van der Waals surface area contributed by atoms with Gasteiger partial charge in [-0.3, -0.25) is 14.5 Å². The van der Waals surface area contributed by atoms with Crippen molar-refractivity contribution >= 4 is 23.5 Å². The average molecular weight is 383 g/mol. The molecule has 1 aliphatic carbocycles. The zero-order chi connectivity index (χ0) is 19.8. The number of halogens is 3. The Hall–Kier alpha value is -2.58. The zero-order valence-electron chi connectivity index (χ0n) is 14.8. The molecule has 2 N–H and O–H groups in total. The number of hydrogen-bond donors (Lipinski definition) is 2. The molecule has 0 bridgehead atoms. The second-order valence-corrected chi connectivity index (χ2v) is 7.13. The van der Waals surface area contributed by atoms with Crippen molar-refractivity contribution in [1.82, 2.24) is 10.2 Å². The SMILES string of the molecule is C[C@@]1(C2CCCCC2)NC(=O)N(CC(=O)Nc2ccc(F)c(F)c2F)C1=O. The number of imide groups is 1. The van der Waals surface area contributed by atoms with E-state index < -0.39 is 53.1 Å². The minimum absolute atomic E-state index is 0.0144. The van der Waals surface area contributed by atoms with Gasteiger partial charge in [-0.25, -0.2) is 18.0 Å². The van der Waals surface area contributed by atoms with Crippen LogP contribution in [0.1, 0.15) is 39.0 Å². The molecule has 1 aliphatic heterocycles. The molecule has 1 saturated carbocycles. The van der Waals surface area contributed by atoms with Crippen LogP contribution < -0.4 is 10.6 Å². The van der Waals surface area contributed by atoms with Crippen LogP contribution in [-0.4, -0.2) is 34.8 Å². The summed E-state index contributed by atoms with van der Waals surface area (Å²) in [7, 11) is 0. The average Bonchev–Trinajstić information content (AvgIpc) is 2.87. The Kier molecular flexibility index (Phi) is 5.12. The van der Waals surface area contributed by atoms with Crippen molar-refractivity contribution < 1.29 is 27.6 Å². The molecule has 3 rings (SSSR count). The van der Waals surface area contributed by atoms with E-state index in [0.29, 0.717) is 6.07 Å². The summed E-state index contributed by atoms with van der Waals surface area (Å²) in [5.41, 5.74) is -1.65. The molecule has 1 heterocycles.